The van der Waals surface area contributed by atoms with Crippen molar-refractivity contribution in [3.8, 4) is 0 Å². The molecule has 0 radical (unpaired) electrons. The topological polar surface area (TPSA) is 72.5 Å². The summed E-state index contributed by atoms with van der Waals surface area (Å²) in [6.07, 6.45) is 2.24. The fourth-order valence-corrected chi connectivity index (χ4v) is 3.54. The van der Waals surface area contributed by atoms with E-state index in [0.717, 1.165) is 24.2 Å². The summed E-state index contributed by atoms with van der Waals surface area (Å²) in [7, 11) is 1.51. The maximum atomic E-state index is 11.6. The van der Waals surface area contributed by atoms with Crippen molar-refractivity contribution >= 4 is 37.0 Å². The Balaban J connectivity index is 2.27. The summed E-state index contributed by atoms with van der Waals surface area (Å²) in [5, 5.41) is 2.72. The van der Waals surface area contributed by atoms with Crippen LogP contribution in [0.1, 0.15) is 24.6 Å². The minimum absolute atomic E-state index is 0.0601. The van der Waals surface area contributed by atoms with Gasteiger partial charge in [0.25, 0.3) is 9.05 Å². The number of rotatable bonds is 9. The number of carbonyl (C=O) groups is 1. The normalized spacial score (nSPS) is 11.5. The van der Waals surface area contributed by atoms with Gasteiger partial charge in [-0.3, -0.25) is 4.79 Å². The van der Waals surface area contributed by atoms with E-state index >= 15 is 0 Å². The van der Waals surface area contributed by atoms with Crippen molar-refractivity contribution in [1.82, 2.24) is 5.32 Å². The number of unbranched alkanes of at least 4 members (excludes halogenated alkanes) is 1. The molecule has 8 heteroatoms. The summed E-state index contributed by atoms with van der Waals surface area (Å²) in [4.78, 5) is 12.3. The van der Waals surface area contributed by atoms with E-state index in [1.165, 1.54) is 6.07 Å². The molecule has 1 amide bonds. The third kappa shape index (κ3) is 6.69. The van der Waals surface area contributed by atoms with Gasteiger partial charge in [0, 0.05) is 28.7 Å². The number of nitrogens with one attached hydrogen (secondary N) is 1. The van der Waals surface area contributed by atoms with Gasteiger partial charge in [0.15, 0.2) is 0 Å². The van der Waals surface area contributed by atoms with E-state index in [1.54, 1.807) is 6.07 Å². The Morgan fingerprint density at radius 3 is 2.75 bits per heavy atom. The number of halogens is 1. The summed E-state index contributed by atoms with van der Waals surface area (Å²) >= 11 is 1.01. The Bertz CT molecular complexity index is 527. The summed E-state index contributed by atoms with van der Waals surface area (Å²) < 4.78 is 27.6. The minimum atomic E-state index is -3.71. The van der Waals surface area contributed by atoms with Crippen LogP contribution >= 0.6 is 22.0 Å². The highest BCUT2D eigenvalue weighted by atomic mass is 35.7. The van der Waals surface area contributed by atoms with Gasteiger partial charge in [-0.1, -0.05) is 13.3 Å². The molecule has 1 aromatic rings. The number of amides is 1. The molecule has 5 nitrogen and oxygen atoms in total. The first-order valence-electron chi connectivity index (χ1n) is 6.31. The first-order chi connectivity index (χ1) is 9.43. The van der Waals surface area contributed by atoms with Crippen LogP contribution in [0.3, 0.4) is 0 Å². The molecule has 0 aliphatic rings. The Morgan fingerprint density at radius 2 is 2.15 bits per heavy atom. The van der Waals surface area contributed by atoms with Crippen LogP contribution < -0.4 is 5.32 Å². The molecule has 0 aromatic carbocycles. The SMILES string of the molecule is CCCCOCCNC(=O)Cc1ccc(S(=O)(=O)Cl)s1. The molecule has 20 heavy (non-hydrogen) atoms. The zero-order chi connectivity index (χ0) is 15.0. The highest BCUT2D eigenvalue weighted by molar-refractivity contribution is 8.15. The number of thiophene rings is 1. The largest absolute Gasteiger partial charge is 0.380 e. The molecule has 0 spiro atoms. The monoisotopic (exact) mass is 339 g/mol. The maximum Gasteiger partial charge on any atom is 0.270 e. The average molecular weight is 340 g/mol. The second kappa shape index (κ2) is 8.61. The highest BCUT2D eigenvalue weighted by Gasteiger charge is 2.14. The van der Waals surface area contributed by atoms with E-state index in [0.29, 0.717) is 24.6 Å². The lowest BCUT2D eigenvalue weighted by molar-refractivity contribution is -0.120. The molecule has 0 fully saturated rings. The summed E-state index contributed by atoms with van der Waals surface area (Å²) in [5.41, 5.74) is 0. The standard InChI is InChI=1S/C12H18ClNO4S2/c1-2-3-7-18-8-6-14-11(15)9-10-4-5-12(19-10)20(13,16)17/h4-5H,2-3,6-9H2,1H3,(H,14,15). The van der Waals surface area contributed by atoms with Crippen molar-refractivity contribution in [2.24, 2.45) is 0 Å². The number of hydrogen-bond acceptors (Lipinski definition) is 5. The van der Waals surface area contributed by atoms with Gasteiger partial charge in [-0.25, -0.2) is 8.42 Å². The summed E-state index contributed by atoms with van der Waals surface area (Å²) in [6.45, 7) is 3.72. The Hall–Kier alpha value is -0.630. The van der Waals surface area contributed by atoms with Crippen LogP contribution in [-0.2, 0) is 25.0 Å². The Labute approximate surface area is 127 Å². The van der Waals surface area contributed by atoms with Crippen molar-refractivity contribution < 1.29 is 17.9 Å². The molecule has 0 saturated carbocycles. The lowest BCUT2D eigenvalue weighted by atomic mass is 10.3. The van der Waals surface area contributed by atoms with Gasteiger partial charge in [0.1, 0.15) is 4.21 Å². The van der Waals surface area contributed by atoms with Gasteiger partial charge in [0.05, 0.1) is 13.0 Å². The molecular formula is C12H18ClNO4S2. The van der Waals surface area contributed by atoms with Crippen molar-refractivity contribution in [2.75, 3.05) is 19.8 Å². The molecule has 0 saturated heterocycles. The molecule has 114 valence electrons. The quantitative estimate of drug-likeness (QED) is 0.552. The van der Waals surface area contributed by atoms with E-state index in [9.17, 15) is 13.2 Å². The van der Waals surface area contributed by atoms with E-state index in [4.69, 9.17) is 15.4 Å². The molecule has 1 heterocycles. The maximum absolute atomic E-state index is 11.6. The summed E-state index contributed by atoms with van der Waals surface area (Å²) in [5.74, 6) is -0.163. The van der Waals surface area contributed by atoms with Crippen LogP contribution in [0.2, 0.25) is 0 Å². The van der Waals surface area contributed by atoms with Gasteiger partial charge < -0.3 is 10.1 Å². The molecule has 0 aliphatic carbocycles. The van der Waals surface area contributed by atoms with Gasteiger partial charge >= 0.3 is 0 Å². The first-order valence-corrected chi connectivity index (χ1v) is 9.44. The predicted octanol–water partition coefficient (Wildman–Crippen LogP) is 2.15. The van der Waals surface area contributed by atoms with Gasteiger partial charge in [0.2, 0.25) is 5.91 Å². The van der Waals surface area contributed by atoms with E-state index < -0.39 is 9.05 Å². The molecule has 0 bridgehead atoms. The van der Waals surface area contributed by atoms with Crippen LogP contribution in [0.25, 0.3) is 0 Å². The first kappa shape index (κ1) is 17.4. The van der Waals surface area contributed by atoms with Crippen molar-refractivity contribution in [3.05, 3.63) is 17.0 Å². The van der Waals surface area contributed by atoms with Gasteiger partial charge in [-0.15, -0.1) is 11.3 Å². The van der Waals surface area contributed by atoms with Crippen molar-refractivity contribution in [3.63, 3.8) is 0 Å². The van der Waals surface area contributed by atoms with E-state index in [-0.39, 0.29) is 16.5 Å². The molecule has 1 aromatic heterocycles. The third-order valence-electron chi connectivity index (χ3n) is 2.42. The molecule has 1 N–H and O–H groups in total. The van der Waals surface area contributed by atoms with Crippen LogP contribution in [0.5, 0.6) is 0 Å². The smallest absolute Gasteiger partial charge is 0.270 e. The van der Waals surface area contributed by atoms with Crippen LogP contribution in [-0.4, -0.2) is 34.1 Å². The van der Waals surface area contributed by atoms with Crippen molar-refractivity contribution in [1.29, 1.82) is 0 Å². The fourth-order valence-electron chi connectivity index (χ4n) is 1.42. The number of hydrogen-bond donors (Lipinski definition) is 1. The Kier molecular flexibility index (Phi) is 7.50. The zero-order valence-corrected chi connectivity index (χ0v) is 13.6. The second-order valence-corrected chi connectivity index (χ2v) is 8.11. The lowest BCUT2D eigenvalue weighted by Gasteiger charge is -2.05. The van der Waals surface area contributed by atoms with Crippen molar-refractivity contribution in [2.45, 2.75) is 30.4 Å². The minimum Gasteiger partial charge on any atom is -0.380 e. The number of carbonyl (C=O) groups excluding carboxylic acids is 1. The zero-order valence-electron chi connectivity index (χ0n) is 11.2. The average Bonchev–Trinajstić information content (AvgIpc) is 2.82. The second-order valence-electron chi connectivity index (χ2n) is 4.15. The summed E-state index contributed by atoms with van der Waals surface area (Å²) in [6, 6.07) is 3.00. The third-order valence-corrected chi connectivity index (χ3v) is 5.60. The lowest BCUT2D eigenvalue weighted by Crippen LogP contribution is -2.28. The molecule has 1 rings (SSSR count). The van der Waals surface area contributed by atoms with E-state index in [1.807, 2.05) is 0 Å². The van der Waals surface area contributed by atoms with Crippen LogP contribution in [0, 0.1) is 0 Å². The number of ether oxygens (including phenoxy) is 1. The Morgan fingerprint density at radius 1 is 1.40 bits per heavy atom. The van der Waals surface area contributed by atoms with Gasteiger partial charge in [-0.2, -0.15) is 0 Å². The van der Waals surface area contributed by atoms with E-state index in [2.05, 4.69) is 12.2 Å². The fraction of sp³-hybridized carbons (Fsp3) is 0.583. The van der Waals surface area contributed by atoms with Crippen LogP contribution in [0.4, 0.5) is 0 Å². The van der Waals surface area contributed by atoms with Gasteiger partial charge in [-0.05, 0) is 18.6 Å². The molecule has 0 aliphatic heterocycles. The predicted molar refractivity (Wildman–Crippen MR) is 79.8 cm³/mol. The molecular weight excluding hydrogens is 322 g/mol. The van der Waals surface area contributed by atoms with Crippen LogP contribution in [0.15, 0.2) is 16.3 Å². The highest BCUT2D eigenvalue weighted by Crippen LogP contribution is 2.24. The molecule has 0 atom stereocenters. The molecule has 0 unspecified atom stereocenters.